The van der Waals surface area contributed by atoms with E-state index in [4.69, 9.17) is 0 Å². The smallest absolute Gasteiger partial charge is 0.225 e. The monoisotopic (exact) mass is 369 g/mol. The van der Waals surface area contributed by atoms with Crippen molar-refractivity contribution >= 4 is 5.95 Å². The second-order valence-corrected chi connectivity index (χ2v) is 7.22. The van der Waals surface area contributed by atoms with E-state index in [9.17, 15) is 10.2 Å². The molecule has 0 unspecified atom stereocenters. The van der Waals surface area contributed by atoms with Crippen molar-refractivity contribution in [3.05, 3.63) is 41.7 Å². The van der Waals surface area contributed by atoms with Crippen LogP contribution >= 0.6 is 0 Å². The summed E-state index contributed by atoms with van der Waals surface area (Å²) < 4.78 is 1.67. The van der Waals surface area contributed by atoms with Crippen LogP contribution in [0.2, 0.25) is 0 Å². The average Bonchev–Trinajstić information content (AvgIpc) is 2.97. The Balaban J connectivity index is 1.22. The van der Waals surface area contributed by atoms with Crippen LogP contribution in [0.1, 0.15) is 24.0 Å². The van der Waals surface area contributed by atoms with Gasteiger partial charge in [-0.05, 0) is 38.3 Å². The molecule has 144 valence electrons. The zero-order valence-corrected chi connectivity index (χ0v) is 15.6. The van der Waals surface area contributed by atoms with Crippen molar-refractivity contribution in [1.82, 2.24) is 19.4 Å². The molecule has 7 nitrogen and oxygen atoms in total. The molecule has 1 fully saturated rings. The second-order valence-electron chi connectivity index (χ2n) is 7.22. The van der Waals surface area contributed by atoms with Crippen molar-refractivity contribution in [2.45, 2.75) is 32.2 Å². The Bertz CT molecular complexity index is 763. The number of aromatic nitrogens is 3. The van der Waals surface area contributed by atoms with E-state index < -0.39 is 0 Å². The molecule has 1 saturated heterocycles. The van der Waals surface area contributed by atoms with Gasteiger partial charge < -0.3 is 15.1 Å². The molecule has 1 aliphatic carbocycles. The van der Waals surface area contributed by atoms with Gasteiger partial charge in [0.05, 0.1) is 0 Å². The van der Waals surface area contributed by atoms with Crippen LogP contribution in [0.4, 0.5) is 5.95 Å². The predicted octanol–water partition coefficient (Wildman–Crippen LogP) is 1.95. The maximum Gasteiger partial charge on any atom is 0.225 e. The molecule has 1 aliphatic heterocycles. The maximum absolute atomic E-state index is 10.4. The molecular weight excluding hydrogens is 342 g/mol. The van der Waals surface area contributed by atoms with Gasteiger partial charge in [-0.1, -0.05) is 12.2 Å². The van der Waals surface area contributed by atoms with Crippen molar-refractivity contribution < 1.29 is 10.2 Å². The van der Waals surface area contributed by atoms with Gasteiger partial charge in [-0.25, -0.2) is 9.97 Å². The van der Waals surface area contributed by atoms with Crippen LogP contribution in [0.5, 0.6) is 11.8 Å². The zero-order valence-electron chi connectivity index (χ0n) is 15.6. The average molecular weight is 369 g/mol. The fourth-order valence-electron chi connectivity index (χ4n) is 3.97. The third kappa shape index (κ3) is 3.78. The zero-order chi connectivity index (χ0) is 18.6. The molecule has 4 rings (SSSR count). The molecule has 0 saturated carbocycles. The lowest BCUT2D eigenvalue weighted by molar-refractivity contribution is 0.248. The Hall–Kier alpha value is -2.54. The van der Waals surface area contributed by atoms with Gasteiger partial charge in [0.25, 0.3) is 0 Å². The van der Waals surface area contributed by atoms with Crippen molar-refractivity contribution in [2.75, 3.05) is 37.6 Å². The number of hydrogen-bond donors (Lipinski definition) is 2. The van der Waals surface area contributed by atoms with Crippen molar-refractivity contribution in [1.29, 1.82) is 0 Å². The van der Waals surface area contributed by atoms with Crippen LogP contribution in [0.3, 0.4) is 0 Å². The molecule has 0 atom stereocenters. The summed E-state index contributed by atoms with van der Waals surface area (Å²) in [6, 6.07) is 1.84. The molecule has 7 heteroatoms. The maximum atomic E-state index is 10.4. The van der Waals surface area contributed by atoms with E-state index in [1.807, 2.05) is 18.2 Å². The molecular formula is C20H27N5O2. The number of unbranched alkanes of at least 4 members (excludes halogenated alkanes) is 1. The number of piperazine rings is 1. The van der Waals surface area contributed by atoms with E-state index in [2.05, 4.69) is 19.8 Å². The summed E-state index contributed by atoms with van der Waals surface area (Å²) in [4.78, 5) is 13.3. The molecule has 0 aromatic carbocycles. The number of fused-ring (bicyclic) bond motifs is 1. The van der Waals surface area contributed by atoms with E-state index in [1.165, 1.54) is 0 Å². The van der Waals surface area contributed by atoms with Gasteiger partial charge >= 0.3 is 0 Å². The predicted molar refractivity (Wildman–Crippen MR) is 104 cm³/mol. The van der Waals surface area contributed by atoms with Crippen LogP contribution in [0.25, 0.3) is 0 Å². The van der Waals surface area contributed by atoms with Gasteiger partial charge in [-0.15, -0.1) is 0 Å². The number of aromatic hydroxyl groups is 2. The van der Waals surface area contributed by atoms with Crippen LogP contribution in [-0.4, -0.2) is 62.4 Å². The topological polar surface area (TPSA) is 77.7 Å². The standard InChI is InChI=1S/C20H27N5O2/c26-18-16-6-1-2-7-17(16)19(27)25(18)11-4-3-10-23-12-14-24(15-13-23)20-21-8-5-9-22-20/h1-2,5,8-9,26-27H,3-4,6-7,10-15H2. The second kappa shape index (κ2) is 8.00. The highest BCUT2D eigenvalue weighted by Gasteiger charge is 2.22. The van der Waals surface area contributed by atoms with Gasteiger partial charge in [0.15, 0.2) is 11.8 Å². The highest BCUT2D eigenvalue weighted by molar-refractivity contribution is 5.49. The lowest BCUT2D eigenvalue weighted by Gasteiger charge is -2.34. The van der Waals surface area contributed by atoms with Gasteiger partial charge in [0.2, 0.25) is 5.95 Å². The molecule has 0 bridgehead atoms. The first kappa shape index (κ1) is 17.9. The van der Waals surface area contributed by atoms with Crippen molar-refractivity contribution in [2.24, 2.45) is 0 Å². The first-order chi connectivity index (χ1) is 13.2. The summed E-state index contributed by atoms with van der Waals surface area (Å²) in [5.74, 6) is 1.29. The number of anilines is 1. The number of allylic oxidation sites excluding steroid dienone is 2. The largest absolute Gasteiger partial charge is 0.494 e. The first-order valence-electron chi connectivity index (χ1n) is 9.75. The third-order valence-corrected chi connectivity index (χ3v) is 5.54. The lowest BCUT2D eigenvalue weighted by Crippen LogP contribution is -2.47. The van der Waals surface area contributed by atoms with Gasteiger partial charge in [-0.2, -0.15) is 0 Å². The van der Waals surface area contributed by atoms with E-state index >= 15 is 0 Å². The van der Waals surface area contributed by atoms with Gasteiger partial charge in [-0.3, -0.25) is 9.47 Å². The summed E-state index contributed by atoms with van der Waals surface area (Å²) in [5.41, 5.74) is 1.77. The minimum absolute atomic E-state index is 0.239. The highest BCUT2D eigenvalue weighted by Crippen LogP contribution is 2.36. The quantitative estimate of drug-likeness (QED) is 0.599. The number of hydrogen-bond acceptors (Lipinski definition) is 6. The van der Waals surface area contributed by atoms with Crippen molar-refractivity contribution in [3.63, 3.8) is 0 Å². The number of nitrogens with zero attached hydrogens (tertiary/aromatic N) is 5. The van der Waals surface area contributed by atoms with E-state index in [-0.39, 0.29) is 11.8 Å². The minimum Gasteiger partial charge on any atom is -0.494 e. The van der Waals surface area contributed by atoms with E-state index in [0.29, 0.717) is 19.4 Å². The lowest BCUT2D eigenvalue weighted by atomic mass is 10.0. The first-order valence-corrected chi connectivity index (χ1v) is 9.75. The highest BCUT2D eigenvalue weighted by atomic mass is 16.3. The molecule has 2 aromatic rings. The molecule has 27 heavy (non-hydrogen) atoms. The number of rotatable bonds is 6. The summed E-state index contributed by atoms with van der Waals surface area (Å²) in [6.45, 7) is 5.61. The molecule has 0 amide bonds. The molecule has 2 N–H and O–H groups in total. The Morgan fingerprint density at radius 3 is 2.04 bits per heavy atom. The normalized spacial score (nSPS) is 17.3. The summed E-state index contributed by atoms with van der Waals surface area (Å²) in [6.07, 6.45) is 11.1. The molecule has 2 aromatic heterocycles. The van der Waals surface area contributed by atoms with Crippen LogP contribution in [0.15, 0.2) is 30.6 Å². The SMILES string of the molecule is Oc1c2c(c(O)n1CCCCN1CCN(c3ncccn3)CC1)CC=CC2. The van der Waals surface area contributed by atoms with Gasteiger partial charge in [0.1, 0.15) is 0 Å². The van der Waals surface area contributed by atoms with Crippen LogP contribution in [-0.2, 0) is 19.4 Å². The Labute approximate surface area is 159 Å². The third-order valence-electron chi connectivity index (χ3n) is 5.54. The molecule has 3 heterocycles. The fraction of sp³-hybridized carbons (Fsp3) is 0.500. The Morgan fingerprint density at radius 1 is 0.815 bits per heavy atom. The fourth-order valence-corrected chi connectivity index (χ4v) is 3.97. The Morgan fingerprint density at radius 2 is 1.41 bits per heavy atom. The van der Waals surface area contributed by atoms with Crippen LogP contribution < -0.4 is 4.90 Å². The van der Waals surface area contributed by atoms with Gasteiger partial charge in [0, 0.05) is 56.2 Å². The molecule has 0 spiro atoms. The minimum atomic E-state index is 0.239. The van der Waals surface area contributed by atoms with E-state index in [1.54, 1.807) is 17.0 Å². The summed E-state index contributed by atoms with van der Waals surface area (Å²) in [5, 5.41) is 20.8. The molecule has 0 radical (unpaired) electrons. The summed E-state index contributed by atoms with van der Waals surface area (Å²) >= 11 is 0. The molecule has 2 aliphatic rings. The van der Waals surface area contributed by atoms with E-state index in [0.717, 1.165) is 62.6 Å². The van der Waals surface area contributed by atoms with Crippen molar-refractivity contribution in [3.8, 4) is 11.8 Å². The Kier molecular flexibility index (Phi) is 5.29. The van der Waals surface area contributed by atoms with Crippen LogP contribution in [0, 0.1) is 0 Å². The summed E-state index contributed by atoms with van der Waals surface area (Å²) in [7, 11) is 0.